The quantitative estimate of drug-likeness (QED) is 0.761. The maximum atomic E-state index is 11.1. The van der Waals surface area contributed by atoms with E-state index in [0.717, 1.165) is 0 Å². The number of carbonyl (C=O) groups excluding carboxylic acids is 1. The molecule has 1 aromatic rings. The minimum absolute atomic E-state index is 0.0328. The van der Waals surface area contributed by atoms with Crippen molar-refractivity contribution < 1.29 is 13.9 Å². The minimum atomic E-state index is -0.548. The summed E-state index contributed by atoms with van der Waals surface area (Å²) in [6, 6.07) is 1.49. The summed E-state index contributed by atoms with van der Waals surface area (Å²) in [4.78, 5) is 11.1. The zero-order valence-corrected chi connectivity index (χ0v) is 8.61. The molecule has 1 heterocycles. The summed E-state index contributed by atoms with van der Waals surface area (Å²) in [7, 11) is 0. The standard InChI is InChI=1S/C7H6BrClO3/c1-2-11-7(10)6-4(9)3-5(8)12-6/h3H,2H2,1H3. The molecule has 1 rings (SSSR count). The molecule has 0 saturated heterocycles. The highest BCUT2D eigenvalue weighted by Gasteiger charge is 2.16. The Balaban J connectivity index is 2.87. The number of esters is 1. The molecule has 0 aliphatic heterocycles. The monoisotopic (exact) mass is 252 g/mol. The van der Waals surface area contributed by atoms with Crippen LogP contribution in [-0.4, -0.2) is 12.6 Å². The SMILES string of the molecule is CCOC(=O)c1oc(Br)cc1Cl. The number of rotatable bonds is 2. The van der Waals surface area contributed by atoms with Gasteiger partial charge in [0.1, 0.15) is 0 Å². The van der Waals surface area contributed by atoms with Gasteiger partial charge in [0.2, 0.25) is 5.76 Å². The fourth-order valence-electron chi connectivity index (χ4n) is 0.677. The molecular formula is C7H6BrClO3. The topological polar surface area (TPSA) is 39.4 Å². The summed E-state index contributed by atoms with van der Waals surface area (Å²) >= 11 is 8.69. The van der Waals surface area contributed by atoms with Gasteiger partial charge in [0, 0.05) is 6.07 Å². The van der Waals surface area contributed by atoms with Gasteiger partial charge in [-0.2, -0.15) is 0 Å². The van der Waals surface area contributed by atoms with Gasteiger partial charge < -0.3 is 9.15 Å². The zero-order valence-electron chi connectivity index (χ0n) is 6.27. The molecule has 0 aliphatic rings. The van der Waals surface area contributed by atoms with Gasteiger partial charge in [0.25, 0.3) is 0 Å². The van der Waals surface area contributed by atoms with Crippen LogP contribution in [0, 0.1) is 0 Å². The fourth-order valence-corrected chi connectivity index (χ4v) is 1.41. The Kier molecular flexibility index (Phi) is 3.17. The third-order valence-electron chi connectivity index (χ3n) is 1.12. The van der Waals surface area contributed by atoms with Gasteiger partial charge in [-0.15, -0.1) is 0 Å². The van der Waals surface area contributed by atoms with Gasteiger partial charge in [-0.05, 0) is 22.9 Å². The minimum Gasteiger partial charge on any atom is -0.460 e. The third-order valence-corrected chi connectivity index (χ3v) is 1.79. The molecule has 0 aromatic carbocycles. The van der Waals surface area contributed by atoms with Crippen molar-refractivity contribution >= 4 is 33.5 Å². The summed E-state index contributed by atoms with van der Waals surface area (Å²) in [5.41, 5.74) is 0. The average molecular weight is 253 g/mol. The predicted molar refractivity (Wildman–Crippen MR) is 47.4 cm³/mol. The number of ether oxygens (including phenoxy) is 1. The summed E-state index contributed by atoms with van der Waals surface area (Å²) < 4.78 is 10.0. The van der Waals surface area contributed by atoms with E-state index < -0.39 is 5.97 Å². The van der Waals surface area contributed by atoms with Crippen LogP contribution in [0.4, 0.5) is 0 Å². The summed E-state index contributed by atoms with van der Waals surface area (Å²) in [6.45, 7) is 2.01. The van der Waals surface area contributed by atoms with E-state index in [1.807, 2.05) is 0 Å². The second-order valence-corrected chi connectivity index (χ2v) is 3.14. The number of hydrogen-bond donors (Lipinski definition) is 0. The first-order chi connectivity index (χ1) is 5.65. The Morgan fingerprint density at radius 1 is 1.83 bits per heavy atom. The molecule has 0 radical (unpaired) electrons. The molecular weight excluding hydrogens is 247 g/mol. The molecule has 1 aromatic heterocycles. The molecule has 0 N–H and O–H groups in total. The number of furan rings is 1. The lowest BCUT2D eigenvalue weighted by Crippen LogP contribution is -2.03. The van der Waals surface area contributed by atoms with Crippen LogP contribution in [-0.2, 0) is 4.74 Å². The van der Waals surface area contributed by atoms with Crippen molar-refractivity contribution in [2.75, 3.05) is 6.61 Å². The van der Waals surface area contributed by atoms with E-state index in [-0.39, 0.29) is 10.8 Å². The van der Waals surface area contributed by atoms with Crippen molar-refractivity contribution in [3.63, 3.8) is 0 Å². The lowest BCUT2D eigenvalue weighted by Gasteiger charge is -1.96. The van der Waals surface area contributed by atoms with E-state index in [2.05, 4.69) is 20.7 Å². The van der Waals surface area contributed by atoms with Gasteiger partial charge in [0.05, 0.1) is 11.6 Å². The molecule has 0 aliphatic carbocycles. The fraction of sp³-hybridized carbons (Fsp3) is 0.286. The van der Waals surface area contributed by atoms with Gasteiger partial charge in [-0.1, -0.05) is 11.6 Å². The Morgan fingerprint density at radius 2 is 2.50 bits per heavy atom. The molecule has 0 fully saturated rings. The van der Waals surface area contributed by atoms with E-state index in [1.54, 1.807) is 6.92 Å². The number of hydrogen-bond acceptors (Lipinski definition) is 3. The van der Waals surface area contributed by atoms with E-state index in [1.165, 1.54) is 6.07 Å². The molecule has 66 valence electrons. The average Bonchev–Trinajstić information content (AvgIpc) is 2.30. The maximum absolute atomic E-state index is 11.1. The van der Waals surface area contributed by atoms with Gasteiger partial charge in [-0.25, -0.2) is 4.79 Å². The highest BCUT2D eigenvalue weighted by Crippen LogP contribution is 2.25. The van der Waals surface area contributed by atoms with Crippen LogP contribution < -0.4 is 0 Å². The number of carbonyl (C=O) groups is 1. The van der Waals surface area contributed by atoms with Gasteiger partial charge >= 0.3 is 5.97 Å². The van der Waals surface area contributed by atoms with Crippen molar-refractivity contribution in [1.29, 1.82) is 0 Å². The first kappa shape index (κ1) is 9.61. The Labute approximate surface area is 82.8 Å². The first-order valence-electron chi connectivity index (χ1n) is 3.27. The van der Waals surface area contributed by atoms with Crippen molar-refractivity contribution in [2.24, 2.45) is 0 Å². The van der Waals surface area contributed by atoms with Crippen molar-refractivity contribution in [3.8, 4) is 0 Å². The lowest BCUT2D eigenvalue weighted by molar-refractivity contribution is 0.0489. The van der Waals surface area contributed by atoms with Gasteiger partial charge in [0.15, 0.2) is 4.67 Å². The maximum Gasteiger partial charge on any atom is 0.375 e. The van der Waals surface area contributed by atoms with Crippen molar-refractivity contribution in [1.82, 2.24) is 0 Å². The molecule has 5 heteroatoms. The highest BCUT2D eigenvalue weighted by atomic mass is 79.9. The van der Waals surface area contributed by atoms with E-state index in [4.69, 9.17) is 16.0 Å². The normalized spacial score (nSPS) is 9.92. The van der Waals surface area contributed by atoms with Crippen LogP contribution in [0.1, 0.15) is 17.5 Å². The first-order valence-corrected chi connectivity index (χ1v) is 4.44. The Bertz CT molecular complexity index is 295. The summed E-state index contributed by atoms with van der Waals surface area (Å²) in [5, 5.41) is 0.250. The molecule has 12 heavy (non-hydrogen) atoms. The smallest absolute Gasteiger partial charge is 0.375 e. The third kappa shape index (κ3) is 2.01. The summed E-state index contributed by atoms with van der Waals surface area (Å²) in [5.74, 6) is -0.515. The molecule has 0 saturated carbocycles. The molecule has 0 amide bonds. The van der Waals surface area contributed by atoms with Crippen LogP contribution in [0.2, 0.25) is 5.02 Å². The summed E-state index contributed by atoms with van der Waals surface area (Å²) in [6.07, 6.45) is 0. The zero-order chi connectivity index (χ0) is 9.14. The Morgan fingerprint density at radius 3 is 2.92 bits per heavy atom. The molecule has 0 atom stereocenters. The predicted octanol–water partition coefficient (Wildman–Crippen LogP) is 2.87. The van der Waals surface area contributed by atoms with Crippen LogP contribution in [0.15, 0.2) is 15.2 Å². The van der Waals surface area contributed by atoms with E-state index in [9.17, 15) is 4.79 Å². The van der Waals surface area contributed by atoms with Crippen LogP contribution in [0.25, 0.3) is 0 Å². The van der Waals surface area contributed by atoms with Crippen molar-refractivity contribution in [2.45, 2.75) is 6.92 Å². The van der Waals surface area contributed by atoms with Crippen molar-refractivity contribution in [3.05, 3.63) is 21.5 Å². The Hall–Kier alpha value is -0.480. The van der Waals surface area contributed by atoms with Crippen LogP contribution in [0.5, 0.6) is 0 Å². The largest absolute Gasteiger partial charge is 0.460 e. The molecule has 0 spiro atoms. The molecule has 3 nitrogen and oxygen atoms in total. The second kappa shape index (κ2) is 3.96. The molecule has 0 bridgehead atoms. The van der Waals surface area contributed by atoms with E-state index in [0.29, 0.717) is 11.3 Å². The van der Waals surface area contributed by atoms with Crippen LogP contribution in [0.3, 0.4) is 0 Å². The van der Waals surface area contributed by atoms with Gasteiger partial charge in [-0.3, -0.25) is 0 Å². The lowest BCUT2D eigenvalue weighted by atomic mass is 10.4. The molecule has 0 unspecified atom stereocenters. The second-order valence-electron chi connectivity index (χ2n) is 1.95. The highest BCUT2D eigenvalue weighted by molar-refractivity contribution is 9.10. The van der Waals surface area contributed by atoms with E-state index >= 15 is 0 Å². The van der Waals surface area contributed by atoms with Crippen LogP contribution >= 0.6 is 27.5 Å². The number of halogens is 2.